The van der Waals surface area contributed by atoms with Crippen molar-refractivity contribution in [2.45, 2.75) is 37.5 Å². The van der Waals surface area contributed by atoms with Gasteiger partial charge < -0.3 is 5.32 Å². The molecule has 1 aliphatic heterocycles. The third kappa shape index (κ3) is 2.21. The monoisotopic (exact) mass is 332 g/mol. The van der Waals surface area contributed by atoms with Crippen molar-refractivity contribution in [3.05, 3.63) is 40.1 Å². The molecule has 5 heteroatoms. The lowest BCUT2D eigenvalue weighted by atomic mass is 9.69. The van der Waals surface area contributed by atoms with Crippen LogP contribution in [0.3, 0.4) is 0 Å². The predicted molar refractivity (Wildman–Crippen MR) is 95.9 cm³/mol. The molecular weight excluding hydrogens is 316 g/mol. The zero-order chi connectivity index (χ0) is 16.6. The summed E-state index contributed by atoms with van der Waals surface area (Å²) in [6.07, 6.45) is 7.59. The van der Waals surface area contributed by atoms with E-state index in [1.807, 2.05) is 17.6 Å². The summed E-state index contributed by atoms with van der Waals surface area (Å²) >= 11 is 1.47. The zero-order valence-electron chi connectivity index (χ0n) is 13.2. The molecule has 24 heavy (non-hydrogen) atoms. The molecule has 2 heterocycles. The van der Waals surface area contributed by atoms with E-state index in [1.54, 1.807) is 0 Å². The SMILES string of the molecule is N#C/N=C1\Nc2ccc(-c3csc(C#N)c3)cc2C12CCCCC2. The van der Waals surface area contributed by atoms with Gasteiger partial charge in [0.15, 0.2) is 0 Å². The number of nitrogens with one attached hydrogen (secondary N) is 1. The normalized spacial score (nSPS) is 19.5. The number of nitriles is 2. The van der Waals surface area contributed by atoms with Gasteiger partial charge in [-0.1, -0.05) is 25.3 Å². The van der Waals surface area contributed by atoms with Gasteiger partial charge in [-0.15, -0.1) is 11.3 Å². The molecule has 4 nitrogen and oxygen atoms in total. The van der Waals surface area contributed by atoms with Crippen molar-refractivity contribution < 1.29 is 0 Å². The first-order valence-electron chi connectivity index (χ1n) is 8.15. The summed E-state index contributed by atoms with van der Waals surface area (Å²) in [6.45, 7) is 0. The van der Waals surface area contributed by atoms with Gasteiger partial charge in [-0.2, -0.15) is 15.5 Å². The number of thiophene rings is 1. The molecule has 1 saturated carbocycles. The van der Waals surface area contributed by atoms with Crippen LogP contribution in [0, 0.1) is 22.8 Å². The number of benzene rings is 1. The topological polar surface area (TPSA) is 72.0 Å². The number of fused-ring (bicyclic) bond motifs is 2. The molecule has 2 aliphatic rings. The fraction of sp³-hybridized carbons (Fsp3) is 0.316. The number of nitrogens with zero attached hydrogens (tertiary/aromatic N) is 3. The highest BCUT2D eigenvalue weighted by molar-refractivity contribution is 7.10. The highest BCUT2D eigenvalue weighted by Crippen LogP contribution is 2.49. The van der Waals surface area contributed by atoms with Gasteiger partial charge in [0, 0.05) is 5.69 Å². The van der Waals surface area contributed by atoms with Crippen molar-refractivity contribution >= 4 is 22.9 Å². The lowest BCUT2D eigenvalue weighted by Crippen LogP contribution is -2.36. The number of hydrogen-bond acceptors (Lipinski definition) is 4. The number of rotatable bonds is 1. The summed E-state index contributed by atoms with van der Waals surface area (Å²) < 4.78 is 0. The van der Waals surface area contributed by atoms with Crippen molar-refractivity contribution in [2.24, 2.45) is 4.99 Å². The fourth-order valence-corrected chi connectivity index (χ4v) is 4.70. The molecule has 2 aromatic rings. The van der Waals surface area contributed by atoms with Gasteiger partial charge in [0.05, 0.1) is 5.41 Å². The standard InChI is InChI=1S/C19H16N4S/c20-10-15-8-14(11-24-15)13-4-5-17-16(9-13)19(6-2-1-3-7-19)18(23-17)22-12-21/h4-5,8-9,11H,1-3,6-7H2,(H,22,23). The summed E-state index contributed by atoms with van der Waals surface area (Å²) in [5, 5.41) is 23.5. The Morgan fingerprint density at radius 3 is 2.62 bits per heavy atom. The Bertz CT molecular complexity index is 904. The van der Waals surface area contributed by atoms with Crippen molar-refractivity contribution in [2.75, 3.05) is 5.32 Å². The lowest BCUT2D eigenvalue weighted by Gasteiger charge is -2.33. The molecule has 118 valence electrons. The predicted octanol–water partition coefficient (Wildman–Crippen LogP) is 4.79. The molecule has 0 bridgehead atoms. The second-order valence-corrected chi connectivity index (χ2v) is 7.31. The van der Waals surface area contributed by atoms with Crippen LogP contribution in [0.25, 0.3) is 11.1 Å². The Kier molecular flexibility index (Phi) is 3.59. The summed E-state index contributed by atoms with van der Waals surface area (Å²) in [5.74, 6) is 0.805. The summed E-state index contributed by atoms with van der Waals surface area (Å²) in [4.78, 5) is 4.83. The van der Waals surface area contributed by atoms with E-state index in [2.05, 4.69) is 34.6 Å². The molecule has 0 saturated heterocycles. The molecule has 4 rings (SSSR count). The number of amidine groups is 1. The molecule has 0 amide bonds. The van der Waals surface area contributed by atoms with Crippen molar-refractivity contribution in [3.8, 4) is 23.4 Å². The maximum absolute atomic E-state index is 9.08. The van der Waals surface area contributed by atoms with Crippen LogP contribution in [0.1, 0.15) is 42.5 Å². The third-order valence-corrected chi connectivity index (χ3v) is 5.99. The van der Waals surface area contributed by atoms with E-state index in [1.165, 1.54) is 23.3 Å². The first-order valence-corrected chi connectivity index (χ1v) is 9.03. The van der Waals surface area contributed by atoms with Crippen LogP contribution >= 0.6 is 11.3 Å². The molecule has 1 aromatic heterocycles. The van der Waals surface area contributed by atoms with Gasteiger partial charge in [-0.3, -0.25) is 0 Å². The molecule has 1 spiro atoms. The fourth-order valence-electron chi connectivity index (χ4n) is 4.00. The van der Waals surface area contributed by atoms with Gasteiger partial charge >= 0.3 is 0 Å². The van der Waals surface area contributed by atoms with Crippen LogP contribution in [-0.4, -0.2) is 5.84 Å². The van der Waals surface area contributed by atoms with E-state index >= 15 is 0 Å². The zero-order valence-corrected chi connectivity index (χ0v) is 14.0. The first kappa shape index (κ1) is 14.9. The highest BCUT2D eigenvalue weighted by atomic mass is 32.1. The van der Waals surface area contributed by atoms with Gasteiger partial charge in [-0.25, -0.2) is 0 Å². The Hall–Kier alpha value is -2.63. The average molecular weight is 332 g/mol. The minimum atomic E-state index is -0.145. The maximum Gasteiger partial charge on any atom is 0.207 e. The van der Waals surface area contributed by atoms with Gasteiger partial charge in [0.2, 0.25) is 6.19 Å². The van der Waals surface area contributed by atoms with E-state index in [0.29, 0.717) is 0 Å². The van der Waals surface area contributed by atoms with E-state index in [0.717, 1.165) is 53.2 Å². The van der Waals surface area contributed by atoms with Gasteiger partial charge in [0.25, 0.3) is 0 Å². The van der Waals surface area contributed by atoms with Crippen LogP contribution < -0.4 is 5.32 Å². The quantitative estimate of drug-likeness (QED) is 0.763. The Balaban J connectivity index is 1.83. The molecule has 1 aromatic carbocycles. The summed E-state index contributed by atoms with van der Waals surface area (Å²) in [6, 6.07) is 10.5. The van der Waals surface area contributed by atoms with Gasteiger partial charge in [0.1, 0.15) is 16.8 Å². The number of anilines is 1. The molecular formula is C19H16N4S. The third-order valence-electron chi connectivity index (χ3n) is 5.15. The second-order valence-electron chi connectivity index (χ2n) is 6.40. The smallest absolute Gasteiger partial charge is 0.207 e. The van der Waals surface area contributed by atoms with Crippen LogP contribution in [0.15, 0.2) is 34.6 Å². The van der Waals surface area contributed by atoms with E-state index in [4.69, 9.17) is 10.5 Å². The average Bonchev–Trinajstić information content (AvgIpc) is 3.20. The molecule has 0 atom stereocenters. The van der Waals surface area contributed by atoms with Crippen molar-refractivity contribution in [3.63, 3.8) is 0 Å². The number of hydrogen-bond donors (Lipinski definition) is 1. The maximum atomic E-state index is 9.08. The molecule has 1 aliphatic carbocycles. The van der Waals surface area contributed by atoms with Crippen molar-refractivity contribution in [1.29, 1.82) is 10.5 Å². The number of aliphatic imine (C=N–C) groups is 1. The first-order chi connectivity index (χ1) is 11.8. The molecule has 1 N–H and O–H groups in total. The van der Waals surface area contributed by atoms with Crippen LogP contribution in [0.4, 0.5) is 5.69 Å². The Morgan fingerprint density at radius 2 is 1.92 bits per heavy atom. The minimum Gasteiger partial charge on any atom is -0.342 e. The highest BCUT2D eigenvalue weighted by Gasteiger charge is 2.45. The Morgan fingerprint density at radius 1 is 1.08 bits per heavy atom. The Labute approximate surface area is 145 Å². The van der Waals surface area contributed by atoms with Crippen LogP contribution in [-0.2, 0) is 5.41 Å². The minimum absolute atomic E-state index is 0.145. The summed E-state index contributed by atoms with van der Waals surface area (Å²) in [7, 11) is 0. The van der Waals surface area contributed by atoms with Crippen molar-refractivity contribution in [1.82, 2.24) is 0 Å². The molecule has 1 fully saturated rings. The second kappa shape index (κ2) is 5.78. The van der Waals surface area contributed by atoms with E-state index < -0.39 is 0 Å². The van der Waals surface area contributed by atoms with Gasteiger partial charge in [-0.05, 0) is 53.1 Å². The lowest BCUT2D eigenvalue weighted by molar-refractivity contribution is 0.386. The molecule has 0 radical (unpaired) electrons. The molecule has 0 unspecified atom stereocenters. The van der Waals surface area contributed by atoms with Crippen LogP contribution in [0.2, 0.25) is 0 Å². The largest absolute Gasteiger partial charge is 0.342 e. The van der Waals surface area contributed by atoms with E-state index in [-0.39, 0.29) is 5.41 Å². The van der Waals surface area contributed by atoms with E-state index in [9.17, 15) is 0 Å². The summed E-state index contributed by atoms with van der Waals surface area (Å²) in [5.41, 5.74) is 4.36. The van der Waals surface area contributed by atoms with Crippen LogP contribution in [0.5, 0.6) is 0 Å².